The van der Waals surface area contributed by atoms with Crippen molar-refractivity contribution >= 4 is 5.97 Å². The van der Waals surface area contributed by atoms with Gasteiger partial charge in [0.2, 0.25) is 0 Å². The SMILES string of the molecule is CC(=O)O[C@@H]1C[C@H]2[C@](C)(CO)CCC[C@]2(C)c2ccc(C(C)C)cc21. The van der Waals surface area contributed by atoms with E-state index in [0.717, 1.165) is 25.7 Å². The third kappa shape index (κ3) is 3.01. The van der Waals surface area contributed by atoms with E-state index in [1.807, 2.05) is 0 Å². The van der Waals surface area contributed by atoms with Gasteiger partial charge in [0.1, 0.15) is 6.10 Å². The number of aliphatic hydroxyl groups excluding tert-OH is 1. The summed E-state index contributed by atoms with van der Waals surface area (Å²) in [5.74, 6) is 0.541. The number of carbonyl (C=O) groups excluding carboxylic acids is 1. The molecule has 4 atom stereocenters. The lowest BCUT2D eigenvalue weighted by atomic mass is 9.49. The van der Waals surface area contributed by atoms with Crippen LogP contribution in [0.3, 0.4) is 0 Å². The molecule has 3 rings (SSSR count). The van der Waals surface area contributed by atoms with Crippen LogP contribution in [0.15, 0.2) is 18.2 Å². The number of esters is 1. The van der Waals surface area contributed by atoms with Gasteiger partial charge in [-0.15, -0.1) is 0 Å². The summed E-state index contributed by atoms with van der Waals surface area (Å²) in [7, 11) is 0. The number of hydrogen-bond donors (Lipinski definition) is 1. The lowest BCUT2D eigenvalue weighted by Gasteiger charge is -2.56. The minimum Gasteiger partial charge on any atom is -0.458 e. The zero-order valence-corrected chi connectivity index (χ0v) is 16.3. The van der Waals surface area contributed by atoms with Crippen LogP contribution in [0.25, 0.3) is 0 Å². The van der Waals surface area contributed by atoms with Crippen LogP contribution in [0, 0.1) is 11.3 Å². The van der Waals surface area contributed by atoms with Crippen molar-refractivity contribution in [3.8, 4) is 0 Å². The van der Waals surface area contributed by atoms with E-state index in [-0.39, 0.29) is 29.5 Å². The molecule has 25 heavy (non-hydrogen) atoms. The van der Waals surface area contributed by atoms with Crippen LogP contribution in [0.5, 0.6) is 0 Å². The maximum absolute atomic E-state index is 11.7. The number of benzene rings is 1. The molecular weight excluding hydrogens is 312 g/mol. The number of rotatable bonds is 3. The highest BCUT2D eigenvalue weighted by Gasteiger charge is 2.54. The molecule has 0 amide bonds. The molecule has 0 spiro atoms. The molecule has 3 heteroatoms. The fourth-order valence-corrected chi connectivity index (χ4v) is 5.41. The standard InChI is InChI=1S/C22H32O3/c1-14(2)16-7-8-18-17(11-16)19(25-15(3)24)12-20-21(4,13-23)9-6-10-22(18,20)5/h7-8,11,14,19-20,23H,6,9-10,12-13H2,1-5H3/t19-,20+,21+,22-/m1/s1. The van der Waals surface area contributed by atoms with Crippen molar-refractivity contribution in [2.75, 3.05) is 6.61 Å². The second kappa shape index (κ2) is 6.42. The van der Waals surface area contributed by atoms with Gasteiger partial charge in [0.15, 0.2) is 0 Å². The van der Waals surface area contributed by atoms with Gasteiger partial charge in [0.05, 0.1) is 0 Å². The van der Waals surface area contributed by atoms with E-state index in [4.69, 9.17) is 4.74 Å². The van der Waals surface area contributed by atoms with E-state index in [0.29, 0.717) is 11.8 Å². The molecule has 0 unspecified atom stereocenters. The zero-order valence-electron chi connectivity index (χ0n) is 16.3. The van der Waals surface area contributed by atoms with Crippen LogP contribution >= 0.6 is 0 Å². The Morgan fingerprint density at radius 1 is 1.32 bits per heavy atom. The summed E-state index contributed by atoms with van der Waals surface area (Å²) in [6, 6.07) is 6.74. The second-order valence-corrected chi connectivity index (χ2v) is 8.97. The Kier molecular flexibility index (Phi) is 4.74. The van der Waals surface area contributed by atoms with E-state index in [2.05, 4.69) is 45.9 Å². The molecule has 2 aliphatic carbocycles. The molecule has 0 aromatic heterocycles. The maximum Gasteiger partial charge on any atom is 0.303 e. The molecule has 1 aromatic rings. The van der Waals surface area contributed by atoms with E-state index in [9.17, 15) is 9.90 Å². The molecule has 1 saturated carbocycles. The molecule has 0 heterocycles. The topological polar surface area (TPSA) is 46.5 Å². The van der Waals surface area contributed by atoms with Crippen LogP contribution in [-0.4, -0.2) is 17.7 Å². The Morgan fingerprint density at radius 3 is 2.64 bits per heavy atom. The fourth-order valence-electron chi connectivity index (χ4n) is 5.41. The van der Waals surface area contributed by atoms with Crippen molar-refractivity contribution in [3.63, 3.8) is 0 Å². The van der Waals surface area contributed by atoms with Gasteiger partial charge in [-0.1, -0.05) is 52.3 Å². The second-order valence-electron chi connectivity index (χ2n) is 8.97. The highest BCUT2D eigenvalue weighted by molar-refractivity contribution is 5.66. The van der Waals surface area contributed by atoms with E-state index >= 15 is 0 Å². The van der Waals surface area contributed by atoms with Gasteiger partial charge in [-0.05, 0) is 58.6 Å². The summed E-state index contributed by atoms with van der Waals surface area (Å²) < 4.78 is 5.76. The number of carbonyl (C=O) groups is 1. The molecule has 3 nitrogen and oxygen atoms in total. The van der Waals surface area contributed by atoms with Crippen LogP contribution in [0.1, 0.15) is 89.0 Å². The monoisotopic (exact) mass is 344 g/mol. The molecule has 0 saturated heterocycles. The summed E-state index contributed by atoms with van der Waals surface area (Å²) in [6.45, 7) is 10.6. The number of hydrogen-bond acceptors (Lipinski definition) is 3. The van der Waals surface area contributed by atoms with Crippen LogP contribution in [-0.2, 0) is 14.9 Å². The number of ether oxygens (including phenoxy) is 1. The molecule has 1 aromatic carbocycles. The third-order valence-corrected chi connectivity index (χ3v) is 6.88. The van der Waals surface area contributed by atoms with Crippen LogP contribution in [0.4, 0.5) is 0 Å². The maximum atomic E-state index is 11.7. The van der Waals surface area contributed by atoms with Gasteiger partial charge in [0.25, 0.3) is 0 Å². The summed E-state index contributed by atoms with van der Waals surface area (Å²) in [4.78, 5) is 11.7. The van der Waals surface area contributed by atoms with Gasteiger partial charge >= 0.3 is 5.97 Å². The average Bonchev–Trinajstić information content (AvgIpc) is 2.56. The first-order chi connectivity index (χ1) is 11.7. The quantitative estimate of drug-likeness (QED) is 0.795. The predicted molar refractivity (Wildman–Crippen MR) is 99.5 cm³/mol. The third-order valence-electron chi connectivity index (χ3n) is 6.88. The highest BCUT2D eigenvalue weighted by atomic mass is 16.5. The molecule has 0 bridgehead atoms. The number of fused-ring (bicyclic) bond motifs is 3. The van der Waals surface area contributed by atoms with Gasteiger partial charge in [-0.25, -0.2) is 0 Å². The summed E-state index contributed by atoms with van der Waals surface area (Å²) >= 11 is 0. The first kappa shape index (κ1) is 18.4. The lowest BCUT2D eigenvalue weighted by Crippen LogP contribution is -2.51. The normalized spacial score (nSPS) is 34.4. The molecule has 1 N–H and O–H groups in total. The van der Waals surface area contributed by atoms with Crippen LogP contribution < -0.4 is 0 Å². The highest BCUT2D eigenvalue weighted by Crippen LogP contribution is 2.59. The van der Waals surface area contributed by atoms with Gasteiger partial charge in [-0.3, -0.25) is 4.79 Å². The number of aliphatic hydroxyl groups is 1. The first-order valence-corrected chi connectivity index (χ1v) is 9.63. The summed E-state index contributed by atoms with van der Waals surface area (Å²) in [5, 5.41) is 10.1. The average molecular weight is 344 g/mol. The minimum absolute atomic E-state index is 0.0389. The van der Waals surface area contributed by atoms with Crippen molar-refractivity contribution in [2.45, 2.75) is 77.7 Å². The molecule has 0 radical (unpaired) electrons. The van der Waals surface area contributed by atoms with Gasteiger partial charge in [0, 0.05) is 13.5 Å². The van der Waals surface area contributed by atoms with Gasteiger partial charge < -0.3 is 9.84 Å². The first-order valence-electron chi connectivity index (χ1n) is 9.63. The largest absolute Gasteiger partial charge is 0.458 e. The Hall–Kier alpha value is -1.35. The van der Waals surface area contributed by atoms with Crippen molar-refractivity contribution < 1.29 is 14.6 Å². The molecule has 1 fully saturated rings. The Bertz CT molecular complexity index is 665. The Balaban J connectivity index is 2.14. The zero-order chi connectivity index (χ0) is 18.4. The van der Waals surface area contributed by atoms with Gasteiger partial charge in [-0.2, -0.15) is 0 Å². The Labute approximate surface area is 151 Å². The van der Waals surface area contributed by atoms with E-state index in [1.165, 1.54) is 23.6 Å². The smallest absolute Gasteiger partial charge is 0.303 e. The van der Waals surface area contributed by atoms with Crippen molar-refractivity contribution in [2.24, 2.45) is 11.3 Å². The predicted octanol–water partition coefficient (Wildman–Crippen LogP) is 4.87. The van der Waals surface area contributed by atoms with Crippen molar-refractivity contribution in [1.29, 1.82) is 0 Å². The van der Waals surface area contributed by atoms with Crippen molar-refractivity contribution in [3.05, 3.63) is 34.9 Å². The molecule has 2 aliphatic rings. The van der Waals surface area contributed by atoms with Crippen molar-refractivity contribution in [1.82, 2.24) is 0 Å². The molecular formula is C22H32O3. The van der Waals surface area contributed by atoms with E-state index < -0.39 is 0 Å². The fraction of sp³-hybridized carbons (Fsp3) is 0.682. The summed E-state index contributed by atoms with van der Waals surface area (Å²) in [5.41, 5.74) is 3.72. The molecule has 138 valence electrons. The van der Waals surface area contributed by atoms with Crippen LogP contribution in [0.2, 0.25) is 0 Å². The van der Waals surface area contributed by atoms with E-state index in [1.54, 1.807) is 0 Å². The summed E-state index contributed by atoms with van der Waals surface area (Å²) in [6.07, 6.45) is 3.91. The Morgan fingerprint density at radius 2 is 2.04 bits per heavy atom. The lowest BCUT2D eigenvalue weighted by molar-refractivity contribution is -0.151. The molecule has 0 aliphatic heterocycles. The minimum atomic E-state index is -0.226.